The molecule has 0 saturated heterocycles. The first-order chi connectivity index (χ1) is 8.31. The Balaban J connectivity index is 1.78. The van der Waals surface area contributed by atoms with E-state index < -0.39 is 0 Å². The molecule has 4 rings (SSSR count). The van der Waals surface area contributed by atoms with Crippen LogP contribution < -0.4 is 5.32 Å². The van der Waals surface area contributed by atoms with Crippen LogP contribution in [-0.2, 0) is 6.42 Å². The molecule has 2 aliphatic rings. The Morgan fingerprint density at radius 1 is 1.35 bits per heavy atom. The molecule has 0 radical (unpaired) electrons. The van der Waals surface area contributed by atoms with Crippen molar-refractivity contribution in [2.75, 3.05) is 5.32 Å². The van der Waals surface area contributed by atoms with E-state index in [0.29, 0.717) is 6.04 Å². The molecular formula is C13H12ClN3. The molecule has 17 heavy (non-hydrogen) atoms. The summed E-state index contributed by atoms with van der Waals surface area (Å²) in [6.45, 7) is 0. The summed E-state index contributed by atoms with van der Waals surface area (Å²) in [7, 11) is 0. The molecule has 1 saturated carbocycles. The van der Waals surface area contributed by atoms with Crippen molar-refractivity contribution in [3.05, 3.63) is 34.3 Å². The van der Waals surface area contributed by atoms with Crippen LogP contribution in [0, 0.1) is 0 Å². The van der Waals surface area contributed by atoms with Crippen molar-refractivity contribution in [2.45, 2.75) is 25.3 Å². The summed E-state index contributed by atoms with van der Waals surface area (Å²) in [4.78, 5) is 0. The average Bonchev–Trinajstić information content (AvgIpc) is 2.93. The molecule has 3 nitrogen and oxygen atoms in total. The molecule has 4 heteroatoms. The number of anilines is 1. The van der Waals surface area contributed by atoms with Crippen molar-refractivity contribution in [1.29, 1.82) is 0 Å². The van der Waals surface area contributed by atoms with E-state index in [2.05, 4.69) is 21.6 Å². The highest BCUT2D eigenvalue weighted by atomic mass is 35.5. The van der Waals surface area contributed by atoms with Gasteiger partial charge < -0.3 is 5.32 Å². The zero-order valence-corrected chi connectivity index (χ0v) is 10.0. The van der Waals surface area contributed by atoms with E-state index in [1.165, 1.54) is 29.5 Å². The summed E-state index contributed by atoms with van der Waals surface area (Å²) in [6.07, 6.45) is 3.46. The van der Waals surface area contributed by atoms with E-state index in [1.54, 1.807) is 0 Å². The minimum atomic E-state index is 0.634. The number of aromatic nitrogens is 2. The topological polar surface area (TPSA) is 40.7 Å². The minimum absolute atomic E-state index is 0.634. The van der Waals surface area contributed by atoms with Gasteiger partial charge in [0, 0.05) is 28.6 Å². The van der Waals surface area contributed by atoms with Crippen LogP contribution in [0.3, 0.4) is 0 Å². The molecule has 0 amide bonds. The minimum Gasteiger partial charge on any atom is -0.366 e. The Morgan fingerprint density at radius 3 is 3.06 bits per heavy atom. The number of aromatic amines is 1. The average molecular weight is 246 g/mol. The number of benzene rings is 1. The third-order valence-corrected chi connectivity index (χ3v) is 3.72. The van der Waals surface area contributed by atoms with E-state index in [4.69, 9.17) is 11.6 Å². The highest BCUT2D eigenvalue weighted by Crippen LogP contribution is 2.40. The monoisotopic (exact) mass is 245 g/mol. The molecule has 1 aromatic carbocycles. The van der Waals surface area contributed by atoms with Gasteiger partial charge in [-0.3, -0.25) is 5.10 Å². The Morgan fingerprint density at radius 2 is 2.24 bits per heavy atom. The molecule has 2 N–H and O–H groups in total. The maximum atomic E-state index is 6.03. The molecule has 1 heterocycles. The second-order valence-corrected chi connectivity index (χ2v) is 5.26. The first-order valence-corrected chi connectivity index (χ1v) is 6.31. The number of hydrogen-bond donors (Lipinski definition) is 2. The zero-order chi connectivity index (χ0) is 11.4. The summed E-state index contributed by atoms with van der Waals surface area (Å²) >= 11 is 6.03. The Bertz CT molecular complexity index is 599. The van der Waals surface area contributed by atoms with Gasteiger partial charge in [0.2, 0.25) is 0 Å². The van der Waals surface area contributed by atoms with Crippen molar-refractivity contribution in [2.24, 2.45) is 0 Å². The summed E-state index contributed by atoms with van der Waals surface area (Å²) in [6, 6.07) is 6.69. The number of rotatable bonds is 2. The van der Waals surface area contributed by atoms with Gasteiger partial charge in [-0.2, -0.15) is 5.10 Å². The van der Waals surface area contributed by atoms with E-state index in [9.17, 15) is 0 Å². The van der Waals surface area contributed by atoms with Gasteiger partial charge >= 0.3 is 0 Å². The number of halogens is 1. The Kier molecular flexibility index (Phi) is 1.83. The predicted molar refractivity (Wildman–Crippen MR) is 68.5 cm³/mol. The van der Waals surface area contributed by atoms with Gasteiger partial charge in [0.25, 0.3) is 0 Å². The molecule has 0 aliphatic heterocycles. The van der Waals surface area contributed by atoms with E-state index in [0.717, 1.165) is 23.0 Å². The zero-order valence-electron chi connectivity index (χ0n) is 9.26. The SMILES string of the molecule is Clc1ccc2c(c1)Cc1c(NC3CC3)n[nH]c1-2. The summed E-state index contributed by atoms with van der Waals surface area (Å²) in [5, 5.41) is 11.8. The molecule has 0 bridgehead atoms. The van der Waals surface area contributed by atoms with Crippen LogP contribution in [0.2, 0.25) is 5.02 Å². The third-order valence-electron chi connectivity index (χ3n) is 3.49. The largest absolute Gasteiger partial charge is 0.366 e. The first-order valence-electron chi connectivity index (χ1n) is 5.94. The number of hydrogen-bond acceptors (Lipinski definition) is 2. The fourth-order valence-electron chi connectivity index (χ4n) is 2.44. The first kappa shape index (κ1) is 9.54. The van der Waals surface area contributed by atoms with Crippen LogP contribution in [0.1, 0.15) is 24.0 Å². The maximum absolute atomic E-state index is 6.03. The third kappa shape index (κ3) is 1.46. The van der Waals surface area contributed by atoms with Gasteiger partial charge in [-0.25, -0.2) is 0 Å². The Labute approximate surface area is 104 Å². The van der Waals surface area contributed by atoms with Crippen molar-refractivity contribution < 1.29 is 0 Å². The van der Waals surface area contributed by atoms with Crippen molar-refractivity contribution in [1.82, 2.24) is 10.2 Å². The van der Waals surface area contributed by atoms with E-state index in [-0.39, 0.29) is 0 Å². The van der Waals surface area contributed by atoms with Gasteiger partial charge in [0.15, 0.2) is 5.82 Å². The van der Waals surface area contributed by atoms with E-state index >= 15 is 0 Å². The predicted octanol–water partition coefficient (Wildman–Crippen LogP) is 3.21. The van der Waals surface area contributed by atoms with Gasteiger partial charge in [-0.15, -0.1) is 0 Å². The lowest BCUT2D eigenvalue weighted by Gasteiger charge is -2.01. The van der Waals surface area contributed by atoms with Crippen LogP contribution >= 0.6 is 11.6 Å². The lowest BCUT2D eigenvalue weighted by atomic mass is 10.1. The lowest BCUT2D eigenvalue weighted by Crippen LogP contribution is -2.03. The molecule has 1 fully saturated rings. The van der Waals surface area contributed by atoms with E-state index in [1.807, 2.05) is 12.1 Å². The smallest absolute Gasteiger partial charge is 0.152 e. The number of H-pyrrole nitrogens is 1. The summed E-state index contributed by atoms with van der Waals surface area (Å²) in [5.74, 6) is 1.02. The van der Waals surface area contributed by atoms with Crippen molar-refractivity contribution in [3.8, 4) is 11.3 Å². The van der Waals surface area contributed by atoms with Crippen molar-refractivity contribution >= 4 is 17.4 Å². The highest BCUT2D eigenvalue weighted by Gasteiger charge is 2.28. The fourth-order valence-corrected chi connectivity index (χ4v) is 2.64. The van der Waals surface area contributed by atoms with Crippen LogP contribution in [0.4, 0.5) is 5.82 Å². The molecule has 0 unspecified atom stereocenters. The number of nitrogens with one attached hydrogen (secondary N) is 2. The number of fused-ring (bicyclic) bond motifs is 3. The second kappa shape index (κ2) is 3.26. The summed E-state index contributed by atoms with van der Waals surface area (Å²) < 4.78 is 0. The lowest BCUT2D eigenvalue weighted by molar-refractivity contribution is 1.04. The van der Waals surface area contributed by atoms with Crippen molar-refractivity contribution in [3.63, 3.8) is 0 Å². The molecule has 0 atom stereocenters. The van der Waals surface area contributed by atoms with Crippen LogP contribution in [0.15, 0.2) is 18.2 Å². The Hall–Kier alpha value is -1.48. The van der Waals surface area contributed by atoms with Crippen LogP contribution in [-0.4, -0.2) is 16.2 Å². The van der Waals surface area contributed by atoms with Gasteiger partial charge in [-0.1, -0.05) is 17.7 Å². The second-order valence-electron chi connectivity index (χ2n) is 4.82. The van der Waals surface area contributed by atoms with Gasteiger partial charge in [0.05, 0.1) is 5.69 Å². The molecular weight excluding hydrogens is 234 g/mol. The molecule has 86 valence electrons. The van der Waals surface area contributed by atoms with Crippen LogP contribution in [0.25, 0.3) is 11.3 Å². The fraction of sp³-hybridized carbons (Fsp3) is 0.308. The quantitative estimate of drug-likeness (QED) is 0.728. The molecule has 2 aromatic rings. The van der Waals surface area contributed by atoms with Gasteiger partial charge in [0.1, 0.15) is 0 Å². The maximum Gasteiger partial charge on any atom is 0.152 e. The summed E-state index contributed by atoms with van der Waals surface area (Å²) in [5.41, 5.74) is 4.97. The standard InChI is InChI=1S/C13H12ClN3/c14-8-1-4-10-7(5-8)6-11-12(10)16-17-13(11)15-9-2-3-9/h1,4-5,9H,2-3,6H2,(H2,15,16,17). The highest BCUT2D eigenvalue weighted by molar-refractivity contribution is 6.30. The normalized spacial score (nSPS) is 16.8. The molecule has 2 aliphatic carbocycles. The number of nitrogens with zero attached hydrogens (tertiary/aromatic N) is 1. The molecule has 0 spiro atoms. The van der Waals surface area contributed by atoms with Gasteiger partial charge in [-0.05, 0) is 30.5 Å². The van der Waals surface area contributed by atoms with Crippen LogP contribution in [0.5, 0.6) is 0 Å². The molecule has 1 aromatic heterocycles.